The van der Waals surface area contributed by atoms with E-state index in [1.165, 1.54) is 16.2 Å². The van der Waals surface area contributed by atoms with Gasteiger partial charge in [-0.1, -0.05) is 23.5 Å². The molecule has 10 heteroatoms. The van der Waals surface area contributed by atoms with Gasteiger partial charge in [-0.25, -0.2) is 0 Å². The highest BCUT2D eigenvalue weighted by Gasteiger charge is 2.48. The van der Waals surface area contributed by atoms with Crippen LogP contribution in [0, 0.1) is 6.92 Å². The topological polar surface area (TPSA) is 111 Å². The number of Topliss-reactive ketones (excluding diaryl/α,β-unsaturated/α-hetero) is 1. The Kier molecular flexibility index (Phi) is 5.66. The van der Waals surface area contributed by atoms with Crippen LogP contribution in [0.5, 0.6) is 17.2 Å². The number of rotatable bonds is 5. The van der Waals surface area contributed by atoms with Gasteiger partial charge in [0.1, 0.15) is 29.7 Å². The third kappa shape index (κ3) is 3.75. The third-order valence-electron chi connectivity index (χ3n) is 5.49. The number of hydrogen-bond acceptors (Lipinski definition) is 9. The average Bonchev–Trinajstić information content (AvgIpc) is 3.39. The molecular formula is C24H21N3O6S. The van der Waals surface area contributed by atoms with Crippen LogP contribution in [-0.4, -0.2) is 46.8 Å². The zero-order valence-electron chi connectivity index (χ0n) is 18.5. The Morgan fingerprint density at radius 2 is 1.85 bits per heavy atom. The summed E-state index contributed by atoms with van der Waals surface area (Å²) in [7, 11) is 0. The molecule has 2 aromatic carbocycles. The Labute approximate surface area is 199 Å². The van der Waals surface area contributed by atoms with Gasteiger partial charge in [0, 0.05) is 5.56 Å². The highest BCUT2D eigenvalue weighted by atomic mass is 32.1. The number of carbonyl (C=O) groups excluding carboxylic acids is 2. The first-order chi connectivity index (χ1) is 16.5. The van der Waals surface area contributed by atoms with Crippen molar-refractivity contribution in [3.63, 3.8) is 0 Å². The lowest BCUT2D eigenvalue weighted by molar-refractivity contribution is -0.132. The maximum absolute atomic E-state index is 13.2. The molecule has 1 unspecified atom stereocenters. The van der Waals surface area contributed by atoms with Gasteiger partial charge in [-0.2, -0.15) is 0 Å². The van der Waals surface area contributed by atoms with E-state index >= 15 is 0 Å². The summed E-state index contributed by atoms with van der Waals surface area (Å²) in [6, 6.07) is 11.0. The summed E-state index contributed by atoms with van der Waals surface area (Å²) in [6.07, 6.45) is 0. The van der Waals surface area contributed by atoms with E-state index in [4.69, 9.17) is 14.2 Å². The molecular weight excluding hydrogens is 458 g/mol. The number of aromatic nitrogens is 2. The fourth-order valence-corrected chi connectivity index (χ4v) is 4.70. The van der Waals surface area contributed by atoms with Gasteiger partial charge in [0.15, 0.2) is 11.5 Å². The molecule has 2 aliphatic rings. The third-order valence-corrected chi connectivity index (χ3v) is 6.33. The molecule has 34 heavy (non-hydrogen) atoms. The number of aliphatic hydroxyl groups is 1. The molecule has 0 saturated carbocycles. The molecule has 1 atom stereocenters. The zero-order valence-corrected chi connectivity index (χ0v) is 19.3. The minimum atomic E-state index is -0.892. The van der Waals surface area contributed by atoms with Crippen LogP contribution in [-0.2, 0) is 9.59 Å². The second-order valence-electron chi connectivity index (χ2n) is 7.63. The maximum atomic E-state index is 13.2. The second kappa shape index (κ2) is 8.79. The summed E-state index contributed by atoms with van der Waals surface area (Å²) in [6.45, 7) is 4.96. The van der Waals surface area contributed by atoms with Crippen LogP contribution < -0.4 is 19.1 Å². The SMILES string of the molecule is CCOc1ccc(C2C(=C(O)c3ccc4c(c3)OCCO4)C(=O)C(=O)N2c2nnc(C)s2)cc1. The molecule has 3 heterocycles. The highest BCUT2D eigenvalue weighted by molar-refractivity contribution is 7.15. The predicted molar refractivity (Wildman–Crippen MR) is 124 cm³/mol. The average molecular weight is 480 g/mol. The van der Waals surface area contributed by atoms with Gasteiger partial charge < -0.3 is 19.3 Å². The van der Waals surface area contributed by atoms with Crippen LogP contribution in [0.25, 0.3) is 5.76 Å². The number of ether oxygens (including phenoxy) is 3. The van der Waals surface area contributed by atoms with Crippen molar-refractivity contribution in [3.05, 3.63) is 64.2 Å². The summed E-state index contributed by atoms with van der Waals surface area (Å²) >= 11 is 1.19. The highest BCUT2D eigenvalue weighted by Crippen LogP contribution is 2.44. The van der Waals surface area contributed by atoms with Gasteiger partial charge in [-0.3, -0.25) is 14.5 Å². The van der Waals surface area contributed by atoms with Gasteiger partial charge in [-0.15, -0.1) is 10.2 Å². The van der Waals surface area contributed by atoms with Gasteiger partial charge in [0.25, 0.3) is 5.78 Å². The van der Waals surface area contributed by atoms with Crippen molar-refractivity contribution in [2.45, 2.75) is 19.9 Å². The lowest BCUT2D eigenvalue weighted by Crippen LogP contribution is -2.29. The fraction of sp³-hybridized carbons (Fsp3) is 0.250. The van der Waals surface area contributed by atoms with E-state index < -0.39 is 17.7 Å². The maximum Gasteiger partial charge on any atom is 0.301 e. The van der Waals surface area contributed by atoms with Crippen LogP contribution in [0.1, 0.15) is 29.1 Å². The first-order valence-electron chi connectivity index (χ1n) is 10.7. The molecule has 174 valence electrons. The first-order valence-corrected chi connectivity index (χ1v) is 11.5. The normalized spacial score (nSPS) is 18.9. The molecule has 1 saturated heterocycles. The molecule has 5 rings (SSSR count). The van der Waals surface area contributed by atoms with Crippen molar-refractivity contribution < 1.29 is 28.9 Å². The molecule has 1 N–H and O–H groups in total. The van der Waals surface area contributed by atoms with Crippen molar-refractivity contribution in [3.8, 4) is 17.2 Å². The van der Waals surface area contributed by atoms with Crippen LogP contribution in [0.4, 0.5) is 5.13 Å². The van der Waals surface area contributed by atoms with Crippen LogP contribution in [0.2, 0.25) is 0 Å². The molecule has 1 fully saturated rings. The van der Waals surface area contributed by atoms with Gasteiger partial charge in [0.05, 0.1) is 18.2 Å². The van der Waals surface area contributed by atoms with E-state index in [9.17, 15) is 14.7 Å². The molecule has 1 amide bonds. The second-order valence-corrected chi connectivity index (χ2v) is 8.79. The molecule has 0 aliphatic carbocycles. The Morgan fingerprint density at radius 1 is 1.12 bits per heavy atom. The molecule has 0 spiro atoms. The number of amides is 1. The number of hydrogen-bond donors (Lipinski definition) is 1. The standard InChI is InChI=1S/C24H21N3O6S/c1-3-31-16-7-4-14(5-8-16)20-19(22(29)23(30)27(20)24-26-25-13(2)34-24)21(28)15-6-9-17-18(12-15)33-11-10-32-17/h4-9,12,20,28H,3,10-11H2,1-2H3. The van der Waals surface area contributed by atoms with Crippen molar-refractivity contribution in [1.82, 2.24) is 10.2 Å². The Morgan fingerprint density at radius 3 is 2.53 bits per heavy atom. The van der Waals surface area contributed by atoms with E-state index in [0.29, 0.717) is 53.2 Å². The van der Waals surface area contributed by atoms with Crippen LogP contribution in [0.15, 0.2) is 48.0 Å². The summed E-state index contributed by atoms with van der Waals surface area (Å²) in [5.41, 5.74) is 0.917. The number of nitrogens with zero attached hydrogens (tertiary/aromatic N) is 3. The smallest absolute Gasteiger partial charge is 0.301 e. The molecule has 2 aliphatic heterocycles. The Bertz CT molecular complexity index is 1300. The van der Waals surface area contributed by atoms with E-state index in [1.54, 1.807) is 49.4 Å². The van der Waals surface area contributed by atoms with Gasteiger partial charge >= 0.3 is 5.91 Å². The fourth-order valence-electron chi connectivity index (χ4n) is 3.99. The first kappa shape index (κ1) is 21.9. The van der Waals surface area contributed by atoms with Crippen molar-refractivity contribution in [1.29, 1.82) is 0 Å². The lowest BCUT2D eigenvalue weighted by Gasteiger charge is -2.23. The van der Waals surface area contributed by atoms with E-state index in [2.05, 4.69) is 10.2 Å². The van der Waals surface area contributed by atoms with Gasteiger partial charge in [0.2, 0.25) is 5.13 Å². The number of fused-ring (bicyclic) bond motifs is 1. The van der Waals surface area contributed by atoms with Crippen LogP contribution in [0.3, 0.4) is 0 Å². The largest absolute Gasteiger partial charge is 0.507 e. The molecule has 9 nitrogen and oxygen atoms in total. The number of aryl methyl sites for hydroxylation is 1. The van der Waals surface area contributed by atoms with Crippen LogP contribution >= 0.6 is 11.3 Å². The minimum Gasteiger partial charge on any atom is -0.507 e. The van der Waals surface area contributed by atoms with E-state index in [0.717, 1.165) is 0 Å². The number of anilines is 1. The zero-order chi connectivity index (χ0) is 23.8. The van der Waals surface area contributed by atoms with Crippen molar-refractivity contribution in [2.75, 3.05) is 24.7 Å². The number of carbonyl (C=O) groups is 2. The summed E-state index contributed by atoms with van der Waals surface area (Å²) < 4.78 is 16.7. The monoisotopic (exact) mass is 479 g/mol. The summed E-state index contributed by atoms with van der Waals surface area (Å²) in [4.78, 5) is 27.7. The molecule has 0 bridgehead atoms. The molecule has 1 aromatic heterocycles. The Balaban J connectivity index is 1.65. The molecule has 3 aromatic rings. The number of ketones is 1. The predicted octanol–water partition coefficient (Wildman–Crippen LogP) is 3.64. The van der Waals surface area contributed by atoms with E-state index in [-0.39, 0.29) is 16.5 Å². The quantitative estimate of drug-likeness (QED) is 0.335. The summed E-state index contributed by atoms with van der Waals surface area (Å²) in [5, 5.41) is 20.3. The van der Waals surface area contributed by atoms with Crippen molar-refractivity contribution >= 4 is 33.9 Å². The van der Waals surface area contributed by atoms with Gasteiger partial charge in [-0.05, 0) is 49.7 Å². The summed E-state index contributed by atoms with van der Waals surface area (Å²) in [5.74, 6) is -0.231. The number of benzene rings is 2. The number of aliphatic hydroxyl groups excluding tert-OH is 1. The molecule has 0 radical (unpaired) electrons. The minimum absolute atomic E-state index is 0.0429. The Hall–Kier alpha value is -3.92. The lowest BCUT2D eigenvalue weighted by atomic mass is 9.95. The van der Waals surface area contributed by atoms with Crippen molar-refractivity contribution in [2.24, 2.45) is 0 Å². The van der Waals surface area contributed by atoms with E-state index in [1.807, 2.05) is 6.92 Å².